The van der Waals surface area contributed by atoms with E-state index < -0.39 is 0 Å². The minimum Gasteiger partial charge on any atom is 0 e. The summed E-state index contributed by atoms with van der Waals surface area (Å²) in [6.07, 6.45) is 0. The van der Waals surface area contributed by atoms with Gasteiger partial charge in [-0.05, 0) is 0 Å². The predicted molar refractivity (Wildman–Crippen MR) is 57.5 cm³/mol. The van der Waals surface area contributed by atoms with Crippen LogP contribution in [0.3, 0.4) is 0 Å². The smallest absolute Gasteiger partial charge is 0 e. The molecule has 0 aromatic rings. The summed E-state index contributed by atoms with van der Waals surface area (Å²) in [5.41, 5.74) is 0. The molecule has 30 valence electrons. The van der Waals surface area contributed by atoms with E-state index in [0.717, 1.165) is 0 Å². The quantitative estimate of drug-likeness (QED) is 0.234. The predicted octanol–water partition coefficient (Wildman–Crippen LogP) is -3.81. The Morgan fingerprint density at radius 2 is 0.100 bits per heavy atom. The topological polar surface area (TPSA) is 0 Å². The van der Waals surface area contributed by atoms with Crippen molar-refractivity contribution in [3.05, 3.63) is 0 Å². The van der Waals surface area contributed by atoms with E-state index in [-0.39, 0.29) is 258 Å². The van der Waals surface area contributed by atoms with Crippen LogP contribution in [-0.2, 0) is 0 Å². The fourth-order valence-electron chi connectivity index (χ4n) is 0. The second kappa shape index (κ2) is 65.2. The molecule has 0 N–H and O–H groups in total. The Morgan fingerprint density at radius 1 is 0.100 bits per heavy atom. The molecule has 30 radical (unpaired) electrons. The van der Waals surface area contributed by atoms with Crippen molar-refractivity contribution in [1.29, 1.82) is 0 Å². The third-order valence-electron chi connectivity index (χ3n) is 0. The Morgan fingerprint density at radius 3 is 0.100 bits per heavy atom. The van der Waals surface area contributed by atoms with Gasteiger partial charge in [-0.1, -0.05) is 0 Å². The molecule has 0 bridgehead atoms. The molecule has 10 heteroatoms. The van der Waals surface area contributed by atoms with Gasteiger partial charge < -0.3 is 0 Å². The Labute approximate surface area is 250 Å². The average molecular weight is 1150 g/mol. The van der Waals surface area contributed by atoms with Crippen LogP contribution in [0.1, 0.15) is 0 Å². The summed E-state index contributed by atoms with van der Waals surface area (Å²) in [7, 11) is 0. The number of hydrogen-bond acceptors (Lipinski definition) is 0. The third-order valence-corrected chi connectivity index (χ3v) is 0. The summed E-state index contributed by atoms with van der Waals surface area (Å²) in [5.74, 6) is 0. The van der Waals surface area contributed by atoms with Gasteiger partial charge in [0.1, 0.15) is 0 Å². The summed E-state index contributed by atoms with van der Waals surface area (Å²) in [6.45, 7) is 0. The molecule has 0 aromatic carbocycles. The third kappa shape index (κ3) is 54.4. The van der Waals surface area contributed by atoms with Gasteiger partial charge in [0.25, 0.3) is 0 Å². The summed E-state index contributed by atoms with van der Waals surface area (Å²) in [4.78, 5) is 0. The molecule has 0 aliphatic heterocycles. The van der Waals surface area contributed by atoms with Crippen LogP contribution in [0.4, 0.5) is 0 Å². The van der Waals surface area contributed by atoms with Gasteiger partial charge in [-0.15, -0.1) is 0 Å². The molecular weight excluding hydrogens is 1150 g/mol. The maximum absolute atomic E-state index is 0. The van der Waals surface area contributed by atoms with Gasteiger partial charge in [0, 0.05) is 258 Å². The van der Waals surface area contributed by atoms with E-state index in [1.54, 1.807) is 0 Å². The second-order valence-electron chi connectivity index (χ2n) is 0. The molecule has 0 atom stereocenters. The molecule has 0 heterocycles. The fourth-order valence-corrected chi connectivity index (χ4v) is 0. The molecule has 0 unspecified atom stereocenters. The summed E-state index contributed by atoms with van der Waals surface area (Å²) >= 11 is 0. The van der Waals surface area contributed by atoms with Gasteiger partial charge >= 0.3 is 0 Å². The molecule has 0 rings (SSSR count). The second-order valence-corrected chi connectivity index (χ2v) is 0. The van der Waals surface area contributed by atoms with Crippen LogP contribution >= 0.6 is 0 Å². The molecule has 0 saturated heterocycles. The molecule has 0 saturated carbocycles. The van der Waals surface area contributed by atoms with Gasteiger partial charge in [0.05, 0.1) is 0 Å². The van der Waals surface area contributed by atoms with Crippen LogP contribution in [0.15, 0.2) is 0 Å². The Hall–Kier alpha value is 8.70. The first-order valence-corrected chi connectivity index (χ1v) is 0. The first-order chi connectivity index (χ1) is 0. The van der Waals surface area contributed by atoms with Gasteiger partial charge in [-0.25, -0.2) is 0 Å². The van der Waals surface area contributed by atoms with Crippen molar-refractivity contribution in [2.45, 2.75) is 0 Å². The van der Waals surface area contributed by atoms with Gasteiger partial charge in [-0.3, -0.25) is 0 Å². The van der Waals surface area contributed by atoms with E-state index in [9.17, 15) is 0 Å². The Balaban J connectivity index is 0. The van der Waals surface area contributed by atoms with Crippen molar-refractivity contribution in [2.75, 3.05) is 0 Å². The van der Waals surface area contributed by atoms with Crippen LogP contribution in [0.5, 0.6) is 0 Å². The van der Waals surface area contributed by atoms with Crippen molar-refractivity contribution < 1.29 is 0 Å². The molecule has 0 spiro atoms. The monoisotopic (exact) mass is 1150 g/mol. The average Bonchev–Trinajstić information content (AvgIpc) is 0. The summed E-state index contributed by atoms with van der Waals surface area (Å²) in [6, 6.07) is 0. The SMILES string of the molecule is [In].[In].[In].[In].[In].[In].[In].[In].[In].[In]. The van der Waals surface area contributed by atoms with Crippen LogP contribution in [0.2, 0.25) is 0 Å². The van der Waals surface area contributed by atoms with Crippen LogP contribution in [-0.4, -0.2) is 258 Å². The first kappa shape index (κ1) is 77.4. The van der Waals surface area contributed by atoms with Gasteiger partial charge in [0.15, 0.2) is 0 Å². The van der Waals surface area contributed by atoms with Gasteiger partial charge in [0.2, 0.25) is 0 Å². The minimum absolute atomic E-state index is 0. The van der Waals surface area contributed by atoms with Crippen molar-refractivity contribution in [3.63, 3.8) is 0 Å². The van der Waals surface area contributed by atoms with E-state index in [1.165, 1.54) is 0 Å². The van der Waals surface area contributed by atoms with Crippen molar-refractivity contribution in [2.24, 2.45) is 0 Å². The number of hydrogen-bond donors (Lipinski definition) is 0. The Kier molecular flexibility index (Phi) is 505. The molecule has 10 heavy (non-hydrogen) atoms. The summed E-state index contributed by atoms with van der Waals surface area (Å²) < 4.78 is 0. The molecule has 0 aromatic heterocycles. The zero-order valence-electron chi connectivity index (χ0n) is 5.77. The standard InChI is InChI=1S/10In. The van der Waals surface area contributed by atoms with Crippen molar-refractivity contribution >= 4 is 258 Å². The maximum Gasteiger partial charge on any atom is 0 e. The Bertz CT molecular complexity index is 0. The van der Waals surface area contributed by atoms with E-state index in [4.69, 9.17) is 0 Å². The fraction of sp³-hybridized carbons (Fsp3) is 0. The van der Waals surface area contributed by atoms with Crippen LogP contribution < -0.4 is 0 Å². The zero-order chi connectivity index (χ0) is 0. The number of rotatable bonds is 0. The van der Waals surface area contributed by atoms with E-state index >= 15 is 0 Å². The molecular formula is In10. The minimum atomic E-state index is 0. The van der Waals surface area contributed by atoms with Crippen molar-refractivity contribution in [3.8, 4) is 0 Å². The zero-order valence-corrected chi connectivity index (χ0v) is 38.7. The molecule has 0 aliphatic rings. The molecule has 0 fully saturated rings. The largest absolute Gasteiger partial charge is 0 e. The summed E-state index contributed by atoms with van der Waals surface area (Å²) in [5, 5.41) is 0. The van der Waals surface area contributed by atoms with Gasteiger partial charge in [-0.2, -0.15) is 0 Å². The van der Waals surface area contributed by atoms with E-state index in [0.29, 0.717) is 0 Å². The van der Waals surface area contributed by atoms with Crippen molar-refractivity contribution in [1.82, 2.24) is 0 Å². The molecule has 0 nitrogen and oxygen atoms in total. The van der Waals surface area contributed by atoms with Crippen LogP contribution in [0.25, 0.3) is 0 Å². The molecule has 0 amide bonds. The normalized spacial score (nSPS) is 0. The molecule has 0 aliphatic carbocycles. The van der Waals surface area contributed by atoms with E-state index in [2.05, 4.69) is 0 Å². The van der Waals surface area contributed by atoms with E-state index in [1.807, 2.05) is 0 Å². The maximum atomic E-state index is 0. The first-order valence-electron chi connectivity index (χ1n) is 0. The van der Waals surface area contributed by atoms with Crippen LogP contribution in [0, 0.1) is 0 Å².